The molecule has 3 heteroatoms. The molecule has 3 nitrogen and oxygen atoms in total. The molecular weight excluding hydrogens is 222 g/mol. The fourth-order valence-electron chi connectivity index (χ4n) is 3.69. The Morgan fingerprint density at radius 2 is 2.00 bits per heavy atom. The van der Waals surface area contributed by atoms with Crippen LogP contribution in [0.25, 0.3) is 0 Å². The monoisotopic (exact) mass is 253 g/mol. The second-order valence-corrected chi connectivity index (χ2v) is 7.50. The minimum atomic E-state index is 0.427. The van der Waals surface area contributed by atoms with Crippen LogP contribution in [0, 0.1) is 11.3 Å². The lowest BCUT2D eigenvalue weighted by Gasteiger charge is -2.40. The van der Waals surface area contributed by atoms with E-state index in [1.165, 1.54) is 45.3 Å². The second-order valence-electron chi connectivity index (χ2n) is 7.50. The van der Waals surface area contributed by atoms with Crippen molar-refractivity contribution in [2.75, 3.05) is 33.7 Å². The summed E-state index contributed by atoms with van der Waals surface area (Å²) in [6.07, 6.45) is 5.13. The maximum atomic E-state index is 6.34. The van der Waals surface area contributed by atoms with Gasteiger partial charge in [-0.2, -0.15) is 0 Å². The highest BCUT2D eigenvalue weighted by molar-refractivity contribution is 4.90. The highest BCUT2D eigenvalue weighted by atomic mass is 15.2. The second kappa shape index (κ2) is 5.48. The van der Waals surface area contributed by atoms with E-state index >= 15 is 0 Å². The Kier molecular flexibility index (Phi) is 4.35. The van der Waals surface area contributed by atoms with E-state index in [4.69, 9.17) is 5.73 Å². The fraction of sp³-hybridized carbons (Fsp3) is 1.00. The smallest absolute Gasteiger partial charge is 0.0229 e. The molecule has 0 amide bonds. The largest absolute Gasteiger partial charge is 0.327 e. The van der Waals surface area contributed by atoms with E-state index in [0.717, 1.165) is 6.04 Å². The number of nitrogens with two attached hydrogens (primary N) is 1. The molecule has 0 aromatic carbocycles. The molecular formula is C15H31N3. The molecule has 0 aromatic heterocycles. The molecule has 106 valence electrons. The minimum Gasteiger partial charge on any atom is -0.327 e. The summed E-state index contributed by atoms with van der Waals surface area (Å²) in [5.41, 5.74) is 6.84. The van der Waals surface area contributed by atoms with Crippen LogP contribution in [-0.2, 0) is 0 Å². The Bertz CT molecular complexity index is 275. The Morgan fingerprint density at radius 3 is 2.61 bits per heavy atom. The van der Waals surface area contributed by atoms with Gasteiger partial charge in [-0.05, 0) is 57.7 Å². The summed E-state index contributed by atoms with van der Waals surface area (Å²) in [6, 6.07) is 1.18. The van der Waals surface area contributed by atoms with Gasteiger partial charge in [0, 0.05) is 25.2 Å². The van der Waals surface area contributed by atoms with Crippen molar-refractivity contribution in [1.82, 2.24) is 9.80 Å². The zero-order valence-corrected chi connectivity index (χ0v) is 12.7. The summed E-state index contributed by atoms with van der Waals surface area (Å²) in [5, 5.41) is 0. The van der Waals surface area contributed by atoms with Crippen LogP contribution in [0.1, 0.15) is 39.5 Å². The van der Waals surface area contributed by atoms with E-state index in [-0.39, 0.29) is 0 Å². The van der Waals surface area contributed by atoms with Crippen LogP contribution in [0.4, 0.5) is 0 Å². The van der Waals surface area contributed by atoms with Crippen LogP contribution < -0.4 is 5.73 Å². The summed E-state index contributed by atoms with van der Waals surface area (Å²) in [6.45, 7) is 8.51. The van der Waals surface area contributed by atoms with Gasteiger partial charge < -0.3 is 15.5 Å². The summed E-state index contributed by atoms with van der Waals surface area (Å²) < 4.78 is 0. The van der Waals surface area contributed by atoms with Gasteiger partial charge in [0.05, 0.1) is 0 Å². The fourth-order valence-corrected chi connectivity index (χ4v) is 3.69. The van der Waals surface area contributed by atoms with Gasteiger partial charge in [-0.25, -0.2) is 0 Å². The van der Waals surface area contributed by atoms with Crippen molar-refractivity contribution < 1.29 is 0 Å². The van der Waals surface area contributed by atoms with E-state index in [1.807, 2.05) is 0 Å². The van der Waals surface area contributed by atoms with Gasteiger partial charge in [-0.15, -0.1) is 0 Å². The quantitative estimate of drug-likeness (QED) is 0.832. The van der Waals surface area contributed by atoms with Crippen molar-refractivity contribution in [2.45, 2.75) is 51.6 Å². The van der Waals surface area contributed by atoms with Gasteiger partial charge in [-0.1, -0.05) is 13.8 Å². The maximum absolute atomic E-state index is 6.34. The lowest BCUT2D eigenvalue weighted by Crippen LogP contribution is -2.45. The van der Waals surface area contributed by atoms with Gasteiger partial charge in [0.25, 0.3) is 0 Å². The highest BCUT2D eigenvalue weighted by Gasteiger charge is 2.35. The highest BCUT2D eigenvalue weighted by Crippen LogP contribution is 2.38. The molecule has 2 rings (SSSR count). The molecule has 3 unspecified atom stereocenters. The number of hydrogen-bond acceptors (Lipinski definition) is 3. The standard InChI is InChI=1S/C15H31N3/c1-15(2)7-5-14(16)12(9-15)10-18-8-6-13(11-18)17(3)4/h12-14H,5-11,16H2,1-4H3. The third kappa shape index (κ3) is 3.46. The van der Waals surface area contributed by atoms with Crippen molar-refractivity contribution in [3.05, 3.63) is 0 Å². The molecule has 1 saturated heterocycles. The van der Waals surface area contributed by atoms with Crippen LogP contribution in [0.3, 0.4) is 0 Å². The third-order valence-corrected chi connectivity index (χ3v) is 5.05. The molecule has 3 atom stereocenters. The topological polar surface area (TPSA) is 32.5 Å². The van der Waals surface area contributed by atoms with Crippen molar-refractivity contribution >= 4 is 0 Å². The summed E-state index contributed by atoms with van der Waals surface area (Å²) in [5.74, 6) is 0.703. The molecule has 2 N–H and O–H groups in total. The summed E-state index contributed by atoms with van der Waals surface area (Å²) in [7, 11) is 4.40. The summed E-state index contributed by atoms with van der Waals surface area (Å²) in [4.78, 5) is 5.00. The zero-order chi connectivity index (χ0) is 13.3. The molecule has 0 spiro atoms. The molecule has 2 aliphatic rings. The normalized spacial score (nSPS) is 37.3. The first-order valence-corrected chi connectivity index (χ1v) is 7.52. The molecule has 1 saturated carbocycles. The molecule has 18 heavy (non-hydrogen) atoms. The van der Waals surface area contributed by atoms with Crippen molar-refractivity contribution in [1.29, 1.82) is 0 Å². The van der Waals surface area contributed by atoms with E-state index in [1.54, 1.807) is 0 Å². The Balaban J connectivity index is 1.85. The number of nitrogens with zero attached hydrogens (tertiary/aromatic N) is 2. The van der Waals surface area contributed by atoms with E-state index < -0.39 is 0 Å². The zero-order valence-electron chi connectivity index (χ0n) is 12.7. The first-order chi connectivity index (χ1) is 8.37. The number of likely N-dealkylation sites (N-methyl/N-ethyl adjacent to an activating group) is 1. The lowest BCUT2D eigenvalue weighted by molar-refractivity contribution is 0.121. The van der Waals surface area contributed by atoms with E-state index in [9.17, 15) is 0 Å². The Labute approximate surface area is 113 Å². The first kappa shape index (κ1) is 14.3. The van der Waals surface area contributed by atoms with Gasteiger partial charge in [0.1, 0.15) is 0 Å². The van der Waals surface area contributed by atoms with Crippen molar-refractivity contribution in [3.63, 3.8) is 0 Å². The SMILES string of the molecule is CN(C)C1CCN(CC2CC(C)(C)CCC2N)C1. The van der Waals surface area contributed by atoms with E-state index in [0.29, 0.717) is 17.4 Å². The van der Waals surface area contributed by atoms with Crippen molar-refractivity contribution in [3.8, 4) is 0 Å². The summed E-state index contributed by atoms with van der Waals surface area (Å²) >= 11 is 0. The maximum Gasteiger partial charge on any atom is 0.0229 e. The van der Waals surface area contributed by atoms with Crippen LogP contribution >= 0.6 is 0 Å². The van der Waals surface area contributed by atoms with Crippen molar-refractivity contribution in [2.24, 2.45) is 17.1 Å². The number of rotatable bonds is 3. The van der Waals surface area contributed by atoms with Gasteiger partial charge in [0.2, 0.25) is 0 Å². The van der Waals surface area contributed by atoms with Gasteiger partial charge in [0.15, 0.2) is 0 Å². The Morgan fingerprint density at radius 1 is 1.28 bits per heavy atom. The molecule has 1 heterocycles. The average molecular weight is 253 g/mol. The van der Waals surface area contributed by atoms with Crippen LogP contribution in [-0.4, -0.2) is 55.6 Å². The third-order valence-electron chi connectivity index (χ3n) is 5.05. The number of likely N-dealkylation sites (tertiary alicyclic amines) is 1. The Hall–Kier alpha value is -0.120. The lowest BCUT2D eigenvalue weighted by atomic mass is 9.70. The predicted octanol–water partition coefficient (Wildman–Crippen LogP) is 1.78. The molecule has 2 fully saturated rings. The molecule has 0 radical (unpaired) electrons. The molecule has 0 aromatic rings. The molecule has 0 bridgehead atoms. The van der Waals surface area contributed by atoms with Crippen LogP contribution in [0.2, 0.25) is 0 Å². The average Bonchev–Trinajstić information content (AvgIpc) is 2.72. The molecule has 1 aliphatic carbocycles. The van der Waals surface area contributed by atoms with Crippen LogP contribution in [0.15, 0.2) is 0 Å². The number of hydrogen-bond donors (Lipinski definition) is 1. The van der Waals surface area contributed by atoms with Gasteiger partial charge in [-0.3, -0.25) is 0 Å². The molecule has 1 aliphatic heterocycles. The van der Waals surface area contributed by atoms with E-state index in [2.05, 4.69) is 37.7 Å². The predicted molar refractivity (Wildman–Crippen MR) is 77.6 cm³/mol. The first-order valence-electron chi connectivity index (χ1n) is 7.52. The minimum absolute atomic E-state index is 0.427. The van der Waals surface area contributed by atoms with Gasteiger partial charge >= 0.3 is 0 Å². The van der Waals surface area contributed by atoms with Crippen LogP contribution in [0.5, 0.6) is 0 Å².